The molecule has 1 amide bonds. The van der Waals surface area contributed by atoms with Gasteiger partial charge in [-0.3, -0.25) is 10.0 Å². The lowest BCUT2D eigenvalue weighted by molar-refractivity contribution is -0.129. The van der Waals surface area contributed by atoms with Gasteiger partial charge in [0, 0.05) is 6.42 Å². The van der Waals surface area contributed by atoms with E-state index in [9.17, 15) is 9.90 Å². The normalized spacial score (nSPS) is 12.4. The van der Waals surface area contributed by atoms with Gasteiger partial charge in [0.15, 0.2) is 0 Å². The van der Waals surface area contributed by atoms with Crippen LogP contribution in [0.25, 0.3) is 0 Å². The lowest BCUT2D eigenvalue weighted by atomic mass is 10.0. The predicted molar refractivity (Wildman–Crippen MR) is 63.2 cm³/mol. The molecule has 0 aromatic carbocycles. The number of amides is 1. The maximum atomic E-state index is 10.7. The van der Waals surface area contributed by atoms with Crippen molar-refractivity contribution < 1.29 is 15.1 Å². The number of carbonyl (C=O) groups is 1. The van der Waals surface area contributed by atoms with Crippen LogP contribution in [0.2, 0.25) is 0 Å². The third-order valence-electron chi connectivity index (χ3n) is 2.71. The van der Waals surface area contributed by atoms with Crippen LogP contribution in [-0.4, -0.2) is 22.3 Å². The van der Waals surface area contributed by atoms with E-state index >= 15 is 0 Å². The number of hydrogen-bond acceptors (Lipinski definition) is 3. The second-order valence-corrected chi connectivity index (χ2v) is 4.28. The molecule has 0 aliphatic heterocycles. The molecule has 4 heteroatoms. The number of unbranched alkanes of at least 4 members (excludes halogenated alkanes) is 4. The highest BCUT2D eigenvalue weighted by Crippen LogP contribution is 2.11. The number of rotatable bonds is 10. The fourth-order valence-corrected chi connectivity index (χ4v) is 1.68. The molecular weight excluding hydrogens is 206 g/mol. The average molecular weight is 231 g/mol. The molecule has 1 atom stereocenters. The second kappa shape index (κ2) is 10.9. The summed E-state index contributed by atoms with van der Waals surface area (Å²) in [5.74, 6) is -0.379. The summed E-state index contributed by atoms with van der Waals surface area (Å²) in [6.45, 7) is 2.18. The molecule has 0 rings (SSSR count). The van der Waals surface area contributed by atoms with Gasteiger partial charge in [-0.1, -0.05) is 39.0 Å². The molecule has 0 aliphatic rings. The highest BCUT2D eigenvalue weighted by molar-refractivity contribution is 5.74. The van der Waals surface area contributed by atoms with Crippen LogP contribution < -0.4 is 5.48 Å². The highest BCUT2D eigenvalue weighted by Gasteiger charge is 2.05. The number of hydroxylamine groups is 1. The highest BCUT2D eigenvalue weighted by atomic mass is 16.5. The van der Waals surface area contributed by atoms with Gasteiger partial charge in [0.1, 0.15) is 0 Å². The van der Waals surface area contributed by atoms with E-state index in [1.807, 2.05) is 0 Å². The van der Waals surface area contributed by atoms with Crippen LogP contribution >= 0.6 is 0 Å². The van der Waals surface area contributed by atoms with Gasteiger partial charge >= 0.3 is 0 Å². The molecule has 0 saturated carbocycles. The molecule has 0 bridgehead atoms. The molecular formula is C12H25NO3. The summed E-state index contributed by atoms with van der Waals surface area (Å²) < 4.78 is 0. The van der Waals surface area contributed by atoms with E-state index in [2.05, 4.69) is 6.92 Å². The maximum Gasteiger partial charge on any atom is 0.243 e. The number of aliphatic hydroxyl groups is 1. The van der Waals surface area contributed by atoms with Crippen molar-refractivity contribution in [2.75, 3.05) is 0 Å². The average Bonchev–Trinajstić information content (AvgIpc) is 2.28. The lowest BCUT2D eigenvalue weighted by Crippen LogP contribution is -2.18. The zero-order chi connectivity index (χ0) is 12.2. The Balaban J connectivity index is 3.24. The molecule has 96 valence electrons. The third-order valence-corrected chi connectivity index (χ3v) is 2.71. The molecule has 0 saturated heterocycles. The Morgan fingerprint density at radius 3 is 2.38 bits per heavy atom. The van der Waals surface area contributed by atoms with Crippen molar-refractivity contribution in [2.24, 2.45) is 0 Å². The minimum atomic E-state index is -0.379. The number of nitrogens with one attached hydrogen (secondary N) is 1. The van der Waals surface area contributed by atoms with E-state index in [4.69, 9.17) is 5.21 Å². The zero-order valence-electron chi connectivity index (χ0n) is 10.2. The van der Waals surface area contributed by atoms with Crippen LogP contribution in [0.5, 0.6) is 0 Å². The maximum absolute atomic E-state index is 10.7. The van der Waals surface area contributed by atoms with E-state index < -0.39 is 0 Å². The largest absolute Gasteiger partial charge is 0.393 e. The van der Waals surface area contributed by atoms with Gasteiger partial charge in [0.25, 0.3) is 0 Å². The zero-order valence-corrected chi connectivity index (χ0v) is 10.2. The monoisotopic (exact) mass is 231 g/mol. The Morgan fingerprint density at radius 1 is 1.12 bits per heavy atom. The molecule has 0 spiro atoms. The molecule has 16 heavy (non-hydrogen) atoms. The summed E-state index contributed by atoms with van der Waals surface area (Å²) >= 11 is 0. The summed E-state index contributed by atoms with van der Waals surface area (Å²) in [6.07, 6.45) is 8.07. The molecule has 0 radical (unpaired) electrons. The Kier molecular flexibility index (Phi) is 10.5. The first-order chi connectivity index (χ1) is 7.70. The van der Waals surface area contributed by atoms with Crippen molar-refractivity contribution in [1.82, 2.24) is 5.48 Å². The fourth-order valence-electron chi connectivity index (χ4n) is 1.68. The molecule has 0 aromatic rings. The van der Waals surface area contributed by atoms with E-state index in [-0.39, 0.29) is 18.4 Å². The SMILES string of the molecule is CCCCCCCC(O)CCCC(=O)NO. The van der Waals surface area contributed by atoms with Gasteiger partial charge in [-0.2, -0.15) is 0 Å². The van der Waals surface area contributed by atoms with Gasteiger partial charge < -0.3 is 5.11 Å². The van der Waals surface area contributed by atoms with Crippen molar-refractivity contribution in [3.8, 4) is 0 Å². The summed E-state index contributed by atoms with van der Waals surface area (Å²) in [7, 11) is 0. The number of hydrogen-bond donors (Lipinski definition) is 3. The summed E-state index contributed by atoms with van der Waals surface area (Å²) in [5, 5.41) is 17.9. The Labute approximate surface area is 98.0 Å². The summed E-state index contributed by atoms with van der Waals surface area (Å²) in [6, 6.07) is 0. The van der Waals surface area contributed by atoms with Crippen molar-refractivity contribution in [1.29, 1.82) is 0 Å². The minimum Gasteiger partial charge on any atom is -0.393 e. The summed E-state index contributed by atoms with van der Waals surface area (Å²) in [4.78, 5) is 10.7. The quantitative estimate of drug-likeness (QED) is 0.307. The smallest absolute Gasteiger partial charge is 0.243 e. The molecule has 1 unspecified atom stereocenters. The van der Waals surface area contributed by atoms with Crippen LogP contribution in [0, 0.1) is 0 Å². The van der Waals surface area contributed by atoms with E-state index in [1.54, 1.807) is 5.48 Å². The van der Waals surface area contributed by atoms with E-state index in [0.717, 1.165) is 12.8 Å². The first-order valence-corrected chi connectivity index (χ1v) is 6.31. The van der Waals surface area contributed by atoms with Crippen molar-refractivity contribution >= 4 is 5.91 Å². The first kappa shape index (κ1) is 15.4. The summed E-state index contributed by atoms with van der Waals surface area (Å²) in [5.41, 5.74) is 1.58. The Hall–Kier alpha value is -0.610. The van der Waals surface area contributed by atoms with Gasteiger partial charge in [0.2, 0.25) is 5.91 Å². The lowest BCUT2D eigenvalue weighted by Gasteiger charge is -2.09. The molecule has 0 aliphatic carbocycles. The molecule has 4 nitrogen and oxygen atoms in total. The molecule has 0 heterocycles. The first-order valence-electron chi connectivity index (χ1n) is 6.31. The number of carbonyl (C=O) groups excluding carboxylic acids is 1. The standard InChI is InChI=1S/C12H25NO3/c1-2-3-4-5-6-8-11(14)9-7-10-12(15)13-16/h11,14,16H,2-10H2,1H3,(H,13,15). The van der Waals surface area contributed by atoms with Gasteiger partial charge in [-0.05, 0) is 19.3 Å². The van der Waals surface area contributed by atoms with Crippen LogP contribution in [0.1, 0.15) is 64.7 Å². The molecule has 0 fully saturated rings. The van der Waals surface area contributed by atoms with Gasteiger partial charge in [-0.15, -0.1) is 0 Å². The number of aliphatic hydroxyl groups excluding tert-OH is 1. The molecule has 0 aromatic heterocycles. The van der Waals surface area contributed by atoms with E-state index in [0.29, 0.717) is 12.8 Å². The van der Waals surface area contributed by atoms with E-state index in [1.165, 1.54) is 25.7 Å². The van der Waals surface area contributed by atoms with Crippen molar-refractivity contribution in [3.05, 3.63) is 0 Å². The Morgan fingerprint density at radius 2 is 1.75 bits per heavy atom. The van der Waals surface area contributed by atoms with Crippen LogP contribution in [0.3, 0.4) is 0 Å². The second-order valence-electron chi connectivity index (χ2n) is 4.28. The predicted octanol–water partition coefficient (Wildman–Crippen LogP) is 2.38. The van der Waals surface area contributed by atoms with Gasteiger partial charge in [0.05, 0.1) is 6.10 Å². The van der Waals surface area contributed by atoms with Crippen molar-refractivity contribution in [3.63, 3.8) is 0 Å². The Bertz CT molecular complexity index is 174. The van der Waals surface area contributed by atoms with Crippen LogP contribution in [-0.2, 0) is 4.79 Å². The third kappa shape index (κ3) is 9.93. The molecule has 3 N–H and O–H groups in total. The van der Waals surface area contributed by atoms with Crippen molar-refractivity contribution in [2.45, 2.75) is 70.8 Å². The van der Waals surface area contributed by atoms with Gasteiger partial charge in [-0.25, -0.2) is 5.48 Å². The minimum absolute atomic E-state index is 0.281. The van der Waals surface area contributed by atoms with Crippen LogP contribution in [0.15, 0.2) is 0 Å². The topological polar surface area (TPSA) is 69.6 Å². The van der Waals surface area contributed by atoms with Crippen LogP contribution in [0.4, 0.5) is 0 Å². The fraction of sp³-hybridized carbons (Fsp3) is 0.917.